The molecule has 3 aromatic rings. The first-order chi connectivity index (χ1) is 8.93. The number of fused-ring (bicyclic) bond motifs is 1. The second-order valence-electron chi connectivity index (χ2n) is 4.14. The van der Waals surface area contributed by atoms with Crippen LogP contribution in [0.4, 0.5) is 5.82 Å². The van der Waals surface area contributed by atoms with Crippen molar-refractivity contribution in [2.45, 2.75) is 6.42 Å². The largest absolute Gasteiger partial charge is 0.469 e. The van der Waals surface area contributed by atoms with E-state index in [4.69, 9.17) is 4.42 Å². The molecule has 0 saturated carbocycles. The number of hydrogen-bond acceptors (Lipinski definition) is 3. The van der Waals surface area contributed by atoms with Gasteiger partial charge in [0.15, 0.2) is 0 Å². The van der Waals surface area contributed by atoms with Gasteiger partial charge in [0, 0.05) is 24.5 Å². The summed E-state index contributed by atoms with van der Waals surface area (Å²) >= 11 is 0. The predicted molar refractivity (Wildman–Crippen MR) is 72.6 cm³/mol. The fourth-order valence-corrected chi connectivity index (χ4v) is 2.02. The first kappa shape index (κ1) is 10.8. The monoisotopic (exact) mass is 238 g/mol. The normalized spacial score (nSPS) is 10.7. The third-order valence-corrected chi connectivity index (χ3v) is 2.92. The van der Waals surface area contributed by atoms with Crippen LogP contribution < -0.4 is 5.32 Å². The van der Waals surface area contributed by atoms with Gasteiger partial charge in [-0.25, -0.2) is 4.98 Å². The highest BCUT2D eigenvalue weighted by molar-refractivity contribution is 5.91. The minimum Gasteiger partial charge on any atom is -0.469 e. The Balaban J connectivity index is 1.74. The number of pyridine rings is 1. The Labute approximate surface area is 105 Å². The van der Waals surface area contributed by atoms with Crippen molar-refractivity contribution in [2.24, 2.45) is 0 Å². The number of hydrogen-bond donors (Lipinski definition) is 1. The molecule has 1 aromatic carbocycles. The maximum absolute atomic E-state index is 5.30. The van der Waals surface area contributed by atoms with Crippen molar-refractivity contribution in [2.75, 3.05) is 11.9 Å². The fraction of sp³-hybridized carbons (Fsp3) is 0.133. The lowest BCUT2D eigenvalue weighted by molar-refractivity contribution is 0.513. The highest BCUT2D eigenvalue weighted by atomic mass is 16.3. The van der Waals surface area contributed by atoms with E-state index in [0.717, 1.165) is 29.9 Å². The van der Waals surface area contributed by atoms with Crippen LogP contribution in [0, 0.1) is 0 Å². The molecule has 1 N–H and O–H groups in total. The molecule has 0 amide bonds. The molecule has 0 radical (unpaired) electrons. The molecule has 0 aliphatic carbocycles. The molecule has 0 fully saturated rings. The highest BCUT2D eigenvalue weighted by Crippen LogP contribution is 2.20. The lowest BCUT2D eigenvalue weighted by Gasteiger charge is -2.07. The Morgan fingerprint density at radius 3 is 2.89 bits per heavy atom. The van der Waals surface area contributed by atoms with Gasteiger partial charge in [-0.1, -0.05) is 24.3 Å². The summed E-state index contributed by atoms with van der Waals surface area (Å²) in [5, 5.41) is 5.71. The molecule has 3 rings (SSSR count). The van der Waals surface area contributed by atoms with Gasteiger partial charge in [-0.15, -0.1) is 0 Å². The molecule has 0 aliphatic heterocycles. The van der Waals surface area contributed by atoms with Crippen LogP contribution in [0.3, 0.4) is 0 Å². The van der Waals surface area contributed by atoms with Gasteiger partial charge in [-0.3, -0.25) is 0 Å². The summed E-state index contributed by atoms with van der Waals surface area (Å²) in [6, 6.07) is 14.2. The topological polar surface area (TPSA) is 38.1 Å². The van der Waals surface area contributed by atoms with E-state index in [2.05, 4.69) is 22.4 Å². The maximum Gasteiger partial charge on any atom is 0.133 e. The lowest BCUT2D eigenvalue weighted by atomic mass is 10.1. The van der Waals surface area contributed by atoms with Gasteiger partial charge in [-0.05, 0) is 23.6 Å². The number of aromatic nitrogens is 1. The molecule has 2 aromatic heterocycles. The Morgan fingerprint density at radius 1 is 1.06 bits per heavy atom. The number of furan rings is 1. The fourth-order valence-electron chi connectivity index (χ4n) is 2.02. The second-order valence-corrected chi connectivity index (χ2v) is 4.14. The standard InChI is InChI=1S/C15H14N2O/c1-2-6-14-12(4-1)7-9-16-15(14)17-10-8-13-5-3-11-18-13/h1-7,9,11H,8,10H2,(H,16,17). The Morgan fingerprint density at radius 2 is 2.00 bits per heavy atom. The van der Waals surface area contributed by atoms with Gasteiger partial charge >= 0.3 is 0 Å². The summed E-state index contributed by atoms with van der Waals surface area (Å²) in [4.78, 5) is 4.38. The van der Waals surface area contributed by atoms with E-state index in [-0.39, 0.29) is 0 Å². The zero-order valence-corrected chi connectivity index (χ0v) is 9.97. The molecule has 0 bridgehead atoms. The van der Waals surface area contributed by atoms with Crippen molar-refractivity contribution in [1.82, 2.24) is 4.98 Å². The lowest BCUT2D eigenvalue weighted by Crippen LogP contribution is -2.06. The van der Waals surface area contributed by atoms with E-state index < -0.39 is 0 Å². The molecule has 0 aliphatic rings. The number of nitrogens with zero attached hydrogens (tertiary/aromatic N) is 1. The summed E-state index contributed by atoms with van der Waals surface area (Å²) in [5.41, 5.74) is 0. The summed E-state index contributed by atoms with van der Waals surface area (Å²) in [6.07, 6.45) is 4.39. The molecule has 0 spiro atoms. The van der Waals surface area contributed by atoms with Crippen molar-refractivity contribution in [3.63, 3.8) is 0 Å². The van der Waals surface area contributed by atoms with Gasteiger partial charge in [-0.2, -0.15) is 0 Å². The molecule has 0 saturated heterocycles. The summed E-state index contributed by atoms with van der Waals surface area (Å²) in [5.74, 6) is 1.92. The van der Waals surface area contributed by atoms with Crippen molar-refractivity contribution < 1.29 is 4.42 Å². The highest BCUT2D eigenvalue weighted by Gasteiger charge is 2.01. The van der Waals surface area contributed by atoms with Gasteiger partial charge in [0.1, 0.15) is 11.6 Å². The minimum atomic E-state index is 0.814. The van der Waals surface area contributed by atoms with Gasteiger partial charge in [0.2, 0.25) is 0 Å². The first-order valence-electron chi connectivity index (χ1n) is 6.03. The van der Waals surface area contributed by atoms with E-state index in [1.54, 1.807) is 6.26 Å². The Hall–Kier alpha value is -2.29. The predicted octanol–water partition coefficient (Wildman–Crippen LogP) is 3.48. The smallest absolute Gasteiger partial charge is 0.133 e. The maximum atomic E-state index is 5.30. The van der Waals surface area contributed by atoms with Crippen LogP contribution in [0.15, 0.2) is 59.3 Å². The van der Waals surface area contributed by atoms with Gasteiger partial charge in [0.05, 0.1) is 6.26 Å². The van der Waals surface area contributed by atoms with Crippen LogP contribution in [-0.4, -0.2) is 11.5 Å². The van der Waals surface area contributed by atoms with E-state index in [9.17, 15) is 0 Å². The number of rotatable bonds is 4. The van der Waals surface area contributed by atoms with E-state index >= 15 is 0 Å². The van der Waals surface area contributed by atoms with Crippen LogP contribution in [0.5, 0.6) is 0 Å². The molecular weight excluding hydrogens is 224 g/mol. The average Bonchev–Trinajstić information content (AvgIpc) is 2.92. The SMILES string of the molecule is c1coc(CCNc2nccc3ccccc23)c1. The zero-order chi connectivity index (χ0) is 12.2. The third-order valence-electron chi connectivity index (χ3n) is 2.92. The zero-order valence-electron chi connectivity index (χ0n) is 9.97. The number of nitrogens with one attached hydrogen (secondary N) is 1. The molecule has 3 nitrogen and oxygen atoms in total. The molecular formula is C15H14N2O. The van der Waals surface area contributed by atoms with Gasteiger partial charge < -0.3 is 9.73 Å². The van der Waals surface area contributed by atoms with Gasteiger partial charge in [0.25, 0.3) is 0 Å². The molecule has 2 heterocycles. The van der Waals surface area contributed by atoms with Crippen LogP contribution in [0.2, 0.25) is 0 Å². The van der Waals surface area contributed by atoms with Crippen molar-refractivity contribution in [3.8, 4) is 0 Å². The molecule has 3 heteroatoms. The van der Waals surface area contributed by atoms with E-state index in [1.807, 2.05) is 36.5 Å². The Bertz CT molecular complexity index is 627. The number of anilines is 1. The molecule has 18 heavy (non-hydrogen) atoms. The summed E-state index contributed by atoms with van der Waals surface area (Å²) in [6.45, 7) is 0.814. The first-order valence-corrected chi connectivity index (χ1v) is 6.03. The van der Waals surface area contributed by atoms with Crippen molar-refractivity contribution in [3.05, 3.63) is 60.7 Å². The molecule has 90 valence electrons. The van der Waals surface area contributed by atoms with Crippen LogP contribution >= 0.6 is 0 Å². The van der Waals surface area contributed by atoms with Crippen LogP contribution in [-0.2, 0) is 6.42 Å². The van der Waals surface area contributed by atoms with Crippen LogP contribution in [0.1, 0.15) is 5.76 Å². The van der Waals surface area contributed by atoms with Crippen molar-refractivity contribution >= 4 is 16.6 Å². The third kappa shape index (κ3) is 2.20. The van der Waals surface area contributed by atoms with Crippen LogP contribution in [0.25, 0.3) is 10.8 Å². The Kier molecular flexibility index (Phi) is 2.96. The average molecular weight is 238 g/mol. The van der Waals surface area contributed by atoms with Crippen molar-refractivity contribution in [1.29, 1.82) is 0 Å². The molecule has 0 atom stereocenters. The summed E-state index contributed by atoms with van der Waals surface area (Å²) < 4.78 is 5.30. The minimum absolute atomic E-state index is 0.814. The quantitative estimate of drug-likeness (QED) is 0.756. The number of benzene rings is 1. The molecule has 0 unspecified atom stereocenters. The second kappa shape index (κ2) is 4.92. The summed E-state index contributed by atoms with van der Waals surface area (Å²) in [7, 11) is 0. The van der Waals surface area contributed by atoms with E-state index in [1.165, 1.54) is 5.39 Å². The van der Waals surface area contributed by atoms with E-state index in [0.29, 0.717) is 0 Å².